The molecule has 0 radical (unpaired) electrons. The molecule has 2 aromatic rings. The van der Waals surface area contributed by atoms with Crippen LogP contribution in [0.4, 0.5) is 10.5 Å². The highest BCUT2D eigenvalue weighted by atomic mass is 35.5. The summed E-state index contributed by atoms with van der Waals surface area (Å²) < 4.78 is 25.7. The van der Waals surface area contributed by atoms with E-state index in [1.54, 1.807) is 12.1 Å². The van der Waals surface area contributed by atoms with Gasteiger partial charge in [0.15, 0.2) is 9.84 Å². The summed E-state index contributed by atoms with van der Waals surface area (Å²) in [7, 11) is -3.61. The Kier molecular flexibility index (Phi) is 9.81. The molecule has 0 aliphatic heterocycles. The normalized spacial score (nSPS) is 12.1. The number of benzene rings is 2. The molecule has 2 rings (SSSR count). The van der Waals surface area contributed by atoms with Crippen molar-refractivity contribution in [2.75, 3.05) is 5.32 Å². The lowest BCUT2D eigenvalue weighted by Gasteiger charge is -2.18. The monoisotopic (exact) mass is 529 g/mol. The van der Waals surface area contributed by atoms with E-state index in [4.69, 9.17) is 17.3 Å². The second-order valence-corrected chi connectivity index (χ2v) is 11.6. The summed E-state index contributed by atoms with van der Waals surface area (Å²) in [5.74, 6) is -0.899. The van der Waals surface area contributed by atoms with E-state index in [0.717, 1.165) is 5.56 Å². The van der Waals surface area contributed by atoms with Crippen molar-refractivity contribution in [1.82, 2.24) is 5.32 Å². The lowest BCUT2D eigenvalue weighted by molar-refractivity contribution is -0.116. The average molecular weight is 530 g/mol. The SMILES string of the molecule is C=C(/C=C(\C(=C)Cl)C(=O)NC(=O)Nc1ccc(S(=O)(=O)Cc2ccc(CC(C)(C)N)cc2)cc1)CC. The van der Waals surface area contributed by atoms with Crippen molar-refractivity contribution < 1.29 is 18.0 Å². The van der Waals surface area contributed by atoms with Gasteiger partial charge in [0.25, 0.3) is 5.91 Å². The van der Waals surface area contributed by atoms with Gasteiger partial charge in [-0.1, -0.05) is 61.5 Å². The first-order valence-corrected chi connectivity index (χ1v) is 13.3. The number of halogens is 1. The Hall–Kier alpha value is -3.20. The van der Waals surface area contributed by atoms with Crippen LogP contribution in [0.25, 0.3) is 0 Å². The Morgan fingerprint density at radius 3 is 2.08 bits per heavy atom. The fourth-order valence-corrected chi connectivity index (χ4v) is 4.72. The molecule has 0 fully saturated rings. The summed E-state index contributed by atoms with van der Waals surface area (Å²) in [5.41, 5.74) is 8.36. The van der Waals surface area contributed by atoms with Gasteiger partial charge in [-0.25, -0.2) is 13.2 Å². The summed E-state index contributed by atoms with van der Waals surface area (Å²) in [5, 5.41) is 4.63. The van der Waals surface area contributed by atoms with Crippen LogP contribution in [-0.4, -0.2) is 25.9 Å². The molecule has 36 heavy (non-hydrogen) atoms. The Labute approximate surface area is 218 Å². The maximum Gasteiger partial charge on any atom is 0.326 e. The zero-order valence-electron chi connectivity index (χ0n) is 20.7. The molecule has 0 aromatic heterocycles. The number of anilines is 1. The van der Waals surface area contributed by atoms with Gasteiger partial charge in [0.2, 0.25) is 0 Å². The van der Waals surface area contributed by atoms with Crippen molar-refractivity contribution in [3.8, 4) is 0 Å². The van der Waals surface area contributed by atoms with Gasteiger partial charge >= 0.3 is 6.03 Å². The number of allylic oxidation sites excluding steroid dienone is 2. The topological polar surface area (TPSA) is 118 Å². The molecule has 0 atom stereocenters. The molecule has 0 saturated carbocycles. The van der Waals surface area contributed by atoms with E-state index < -0.39 is 21.8 Å². The van der Waals surface area contributed by atoms with Gasteiger partial charge in [-0.15, -0.1) is 0 Å². The number of hydrogen-bond donors (Lipinski definition) is 3. The van der Waals surface area contributed by atoms with Crippen LogP contribution in [0.5, 0.6) is 0 Å². The summed E-state index contributed by atoms with van der Waals surface area (Å²) in [6.45, 7) is 13.0. The van der Waals surface area contributed by atoms with Gasteiger partial charge in [0.05, 0.1) is 16.2 Å². The van der Waals surface area contributed by atoms with Gasteiger partial charge in [-0.2, -0.15) is 0 Å². The highest BCUT2D eigenvalue weighted by Crippen LogP contribution is 2.21. The number of nitrogens with one attached hydrogen (secondary N) is 2. The van der Waals surface area contributed by atoms with Crippen LogP contribution in [0.2, 0.25) is 0 Å². The number of sulfone groups is 1. The molecule has 7 nitrogen and oxygen atoms in total. The summed E-state index contributed by atoms with van der Waals surface area (Å²) in [6.07, 6.45) is 2.74. The van der Waals surface area contributed by atoms with Crippen molar-refractivity contribution in [3.63, 3.8) is 0 Å². The summed E-state index contributed by atoms with van der Waals surface area (Å²) >= 11 is 5.88. The first kappa shape index (κ1) is 29.0. The first-order chi connectivity index (χ1) is 16.7. The molecule has 2 aromatic carbocycles. The minimum absolute atomic E-state index is 0.0256. The number of imide groups is 1. The standard InChI is InChI=1S/C27H32ClN3O4S/c1-6-18(2)15-24(19(3)28)25(32)31-26(33)30-22-11-13-23(14-12-22)36(34,35)17-21-9-7-20(8-10-21)16-27(4,5)29/h7-15H,2-3,6,16-17,29H2,1,4-5H3,(H2,30,31,32,33)/b24-15+. The Bertz CT molecular complexity index is 1270. The Morgan fingerprint density at radius 2 is 1.58 bits per heavy atom. The van der Waals surface area contributed by atoms with Crippen LogP contribution in [-0.2, 0) is 26.8 Å². The summed E-state index contributed by atoms with van der Waals surface area (Å²) in [4.78, 5) is 24.7. The molecule has 0 heterocycles. The lowest BCUT2D eigenvalue weighted by atomic mass is 9.96. The van der Waals surface area contributed by atoms with E-state index >= 15 is 0 Å². The Morgan fingerprint density at radius 1 is 1.03 bits per heavy atom. The highest BCUT2D eigenvalue weighted by Gasteiger charge is 2.18. The molecule has 9 heteroatoms. The maximum absolute atomic E-state index is 12.8. The molecule has 0 aliphatic rings. The molecule has 0 spiro atoms. The van der Waals surface area contributed by atoms with Crippen LogP contribution < -0.4 is 16.4 Å². The van der Waals surface area contributed by atoms with Crippen molar-refractivity contribution in [1.29, 1.82) is 0 Å². The fraction of sp³-hybridized carbons (Fsp3) is 0.259. The second kappa shape index (κ2) is 12.2. The number of carbonyl (C=O) groups is 2. The van der Waals surface area contributed by atoms with E-state index in [-0.39, 0.29) is 26.8 Å². The number of nitrogens with two attached hydrogens (primary N) is 1. The molecular formula is C27H32ClN3O4S. The minimum Gasteiger partial charge on any atom is -0.325 e. The fourth-order valence-electron chi connectivity index (χ4n) is 3.23. The molecule has 0 bridgehead atoms. The average Bonchev–Trinajstić information content (AvgIpc) is 2.77. The highest BCUT2D eigenvalue weighted by molar-refractivity contribution is 7.90. The van der Waals surface area contributed by atoms with Crippen molar-refractivity contribution in [2.45, 2.75) is 49.8 Å². The minimum atomic E-state index is -3.61. The van der Waals surface area contributed by atoms with Gasteiger partial charge in [-0.05, 0) is 68.2 Å². The zero-order chi connectivity index (χ0) is 27.1. The van der Waals surface area contributed by atoms with Gasteiger partial charge in [-0.3, -0.25) is 10.1 Å². The third kappa shape index (κ3) is 9.11. The Balaban J connectivity index is 2.04. The molecule has 0 unspecified atom stereocenters. The quantitative estimate of drug-likeness (QED) is 0.287. The van der Waals surface area contributed by atoms with Crippen molar-refractivity contribution >= 4 is 39.1 Å². The largest absolute Gasteiger partial charge is 0.326 e. The smallest absolute Gasteiger partial charge is 0.325 e. The molecular weight excluding hydrogens is 498 g/mol. The van der Waals surface area contributed by atoms with E-state index in [9.17, 15) is 18.0 Å². The van der Waals surface area contributed by atoms with Gasteiger partial charge < -0.3 is 11.1 Å². The number of urea groups is 1. The molecule has 0 saturated heterocycles. The van der Waals surface area contributed by atoms with Crippen molar-refractivity contribution in [2.24, 2.45) is 5.73 Å². The predicted molar refractivity (Wildman–Crippen MR) is 145 cm³/mol. The van der Waals surface area contributed by atoms with E-state index in [1.165, 1.54) is 30.3 Å². The zero-order valence-corrected chi connectivity index (χ0v) is 22.3. The molecule has 0 aliphatic carbocycles. The molecule has 4 N–H and O–H groups in total. The van der Waals surface area contributed by atoms with Gasteiger partial charge in [0.1, 0.15) is 0 Å². The van der Waals surface area contributed by atoms with Crippen molar-refractivity contribution in [3.05, 3.63) is 95.1 Å². The molecule has 192 valence electrons. The van der Waals surface area contributed by atoms with Crippen LogP contribution in [0.3, 0.4) is 0 Å². The van der Waals surface area contributed by atoms with Gasteiger partial charge in [0, 0.05) is 16.3 Å². The third-order valence-electron chi connectivity index (χ3n) is 5.08. The summed E-state index contributed by atoms with van der Waals surface area (Å²) in [6, 6.07) is 12.2. The van der Waals surface area contributed by atoms with E-state index in [0.29, 0.717) is 29.7 Å². The first-order valence-electron chi connectivity index (χ1n) is 11.3. The molecule has 3 amide bonds. The van der Waals surface area contributed by atoms with E-state index in [2.05, 4.69) is 23.8 Å². The number of carbonyl (C=O) groups excluding carboxylic acids is 2. The van der Waals surface area contributed by atoms with Crippen LogP contribution in [0.15, 0.2) is 88.8 Å². The second-order valence-electron chi connectivity index (χ2n) is 9.15. The van der Waals surface area contributed by atoms with Crippen LogP contribution >= 0.6 is 11.6 Å². The van der Waals surface area contributed by atoms with E-state index in [1.807, 2.05) is 32.9 Å². The lowest BCUT2D eigenvalue weighted by Crippen LogP contribution is -2.35. The van der Waals surface area contributed by atoms with Crippen LogP contribution in [0, 0.1) is 0 Å². The number of rotatable bonds is 10. The van der Waals surface area contributed by atoms with Crippen LogP contribution in [0.1, 0.15) is 38.3 Å². The number of amides is 3. The predicted octanol–water partition coefficient (Wildman–Crippen LogP) is 5.23. The third-order valence-corrected chi connectivity index (χ3v) is 6.98. The number of hydrogen-bond acceptors (Lipinski definition) is 5. The maximum atomic E-state index is 12.8.